The maximum atomic E-state index is 13.6. The summed E-state index contributed by atoms with van der Waals surface area (Å²) in [5, 5.41) is 6.56. The third-order valence-corrected chi connectivity index (χ3v) is 5.05. The van der Waals surface area contributed by atoms with Gasteiger partial charge in [0.2, 0.25) is 5.75 Å². The van der Waals surface area contributed by atoms with Crippen LogP contribution in [0.25, 0.3) is 0 Å². The second kappa shape index (κ2) is 12.2. The van der Waals surface area contributed by atoms with E-state index in [1.165, 1.54) is 6.07 Å². The predicted molar refractivity (Wildman–Crippen MR) is 121 cm³/mol. The standard InChI is InChI=1S/C22H30FN3O3S/c1-6-24-22(25-12-15-7-9-18(23)11-17(15)14-30-5)26-13-16-8-10-19(27-2)21(29-4)20(16)28-3/h7-11H,6,12-14H2,1-5H3,(H2,24,25,26). The SMILES string of the molecule is CCNC(=NCc1ccc(OC)c(OC)c1OC)NCc1ccc(F)cc1CSC. The minimum atomic E-state index is -0.219. The van der Waals surface area contributed by atoms with Crippen LogP contribution in [-0.2, 0) is 18.8 Å². The van der Waals surface area contributed by atoms with Gasteiger partial charge < -0.3 is 24.8 Å². The molecule has 0 aliphatic heterocycles. The number of hydrogen-bond acceptors (Lipinski definition) is 5. The van der Waals surface area contributed by atoms with Gasteiger partial charge in [0.25, 0.3) is 0 Å². The minimum absolute atomic E-state index is 0.219. The zero-order valence-corrected chi connectivity index (χ0v) is 19.0. The maximum absolute atomic E-state index is 13.6. The Kier molecular flexibility index (Phi) is 9.60. The average molecular weight is 436 g/mol. The Morgan fingerprint density at radius 3 is 2.33 bits per heavy atom. The molecule has 0 atom stereocenters. The zero-order chi connectivity index (χ0) is 21.9. The first-order chi connectivity index (χ1) is 14.6. The number of benzene rings is 2. The van der Waals surface area contributed by atoms with Crippen LogP contribution in [0.4, 0.5) is 4.39 Å². The monoisotopic (exact) mass is 435 g/mol. The van der Waals surface area contributed by atoms with Gasteiger partial charge in [0.1, 0.15) is 5.82 Å². The molecule has 0 heterocycles. The van der Waals surface area contributed by atoms with Crippen LogP contribution in [-0.4, -0.2) is 40.1 Å². The van der Waals surface area contributed by atoms with Crippen molar-refractivity contribution in [3.63, 3.8) is 0 Å². The number of thioether (sulfide) groups is 1. The largest absolute Gasteiger partial charge is 0.493 e. The summed E-state index contributed by atoms with van der Waals surface area (Å²) in [7, 11) is 4.76. The molecule has 2 N–H and O–H groups in total. The molecule has 2 aromatic rings. The summed E-state index contributed by atoms with van der Waals surface area (Å²) in [6.07, 6.45) is 2.00. The van der Waals surface area contributed by atoms with Crippen LogP contribution in [0.2, 0.25) is 0 Å². The van der Waals surface area contributed by atoms with Crippen molar-refractivity contribution in [3.8, 4) is 17.2 Å². The Morgan fingerprint density at radius 1 is 0.967 bits per heavy atom. The molecule has 0 aromatic heterocycles. The summed E-state index contributed by atoms with van der Waals surface area (Å²) in [5.41, 5.74) is 2.89. The summed E-state index contributed by atoms with van der Waals surface area (Å²) in [6.45, 7) is 3.66. The lowest BCUT2D eigenvalue weighted by molar-refractivity contribution is 0.322. The number of guanidine groups is 1. The van der Waals surface area contributed by atoms with Gasteiger partial charge >= 0.3 is 0 Å². The Balaban J connectivity index is 2.19. The molecule has 2 aromatic carbocycles. The molecule has 30 heavy (non-hydrogen) atoms. The molecule has 0 aliphatic carbocycles. The Bertz CT molecular complexity index is 862. The molecular weight excluding hydrogens is 405 g/mol. The average Bonchev–Trinajstić information content (AvgIpc) is 2.76. The quantitative estimate of drug-likeness (QED) is 0.435. The van der Waals surface area contributed by atoms with E-state index in [2.05, 4.69) is 15.6 Å². The second-order valence-electron chi connectivity index (χ2n) is 6.39. The topological polar surface area (TPSA) is 64.1 Å². The fraction of sp³-hybridized carbons (Fsp3) is 0.409. The molecular formula is C22H30FN3O3S. The molecule has 0 spiro atoms. The van der Waals surface area contributed by atoms with Crippen molar-refractivity contribution in [2.45, 2.75) is 25.8 Å². The van der Waals surface area contributed by atoms with E-state index in [1.54, 1.807) is 39.2 Å². The van der Waals surface area contributed by atoms with Gasteiger partial charge in [-0.2, -0.15) is 11.8 Å². The summed E-state index contributed by atoms with van der Waals surface area (Å²) in [4.78, 5) is 4.67. The zero-order valence-electron chi connectivity index (χ0n) is 18.2. The highest BCUT2D eigenvalue weighted by Crippen LogP contribution is 2.39. The molecule has 0 saturated heterocycles. The van der Waals surface area contributed by atoms with Gasteiger partial charge in [0.15, 0.2) is 17.5 Å². The van der Waals surface area contributed by atoms with Gasteiger partial charge in [0.05, 0.1) is 27.9 Å². The Labute approximate surface area is 182 Å². The third-order valence-electron chi connectivity index (χ3n) is 4.45. The molecule has 8 heteroatoms. The van der Waals surface area contributed by atoms with Crippen LogP contribution >= 0.6 is 11.8 Å². The van der Waals surface area contributed by atoms with E-state index in [0.29, 0.717) is 36.3 Å². The van der Waals surface area contributed by atoms with Crippen LogP contribution in [0.3, 0.4) is 0 Å². The van der Waals surface area contributed by atoms with Crippen LogP contribution in [0, 0.1) is 5.82 Å². The number of aliphatic imine (C=N–C) groups is 1. The number of nitrogens with zero attached hydrogens (tertiary/aromatic N) is 1. The lowest BCUT2D eigenvalue weighted by Gasteiger charge is -2.16. The number of nitrogens with one attached hydrogen (secondary N) is 2. The van der Waals surface area contributed by atoms with E-state index >= 15 is 0 Å². The van der Waals surface area contributed by atoms with Gasteiger partial charge in [-0.05, 0) is 48.6 Å². The van der Waals surface area contributed by atoms with E-state index in [-0.39, 0.29) is 5.82 Å². The van der Waals surface area contributed by atoms with E-state index in [0.717, 1.165) is 29.0 Å². The lowest BCUT2D eigenvalue weighted by Crippen LogP contribution is -2.37. The van der Waals surface area contributed by atoms with Crippen molar-refractivity contribution < 1.29 is 18.6 Å². The number of ether oxygens (including phenoxy) is 3. The first-order valence-electron chi connectivity index (χ1n) is 9.64. The van der Waals surface area contributed by atoms with Gasteiger partial charge in [-0.15, -0.1) is 0 Å². The molecule has 0 saturated carbocycles. The number of halogens is 1. The predicted octanol–water partition coefficient (Wildman–Crippen LogP) is 3.97. The van der Waals surface area contributed by atoms with E-state index in [9.17, 15) is 4.39 Å². The first-order valence-corrected chi connectivity index (χ1v) is 11.0. The molecule has 164 valence electrons. The summed E-state index contributed by atoms with van der Waals surface area (Å²) in [6, 6.07) is 8.63. The number of hydrogen-bond donors (Lipinski definition) is 2. The van der Waals surface area contributed by atoms with Crippen LogP contribution in [0.1, 0.15) is 23.6 Å². The molecule has 0 bridgehead atoms. The molecule has 0 fully saturated rings. The lowest BCUT2D eigenvalue weighted by atomic mass is 10.1. The highest BCUT2D eigenvalue weighted by Gasteiger charge is 2.15. The van der Waals surface area contributed by atoms with Crippen LogP contribution in [0.5, 0.6) is 17.2 Å². The van der Waals surface area contributed by atoms with Gasteiger partial charge in [0, 0.05) is 24.4 Å². The fourth-order valence-electron chi connectivity index (χ4n) is 3.03. The normalized spacial score (nSPS) is 11.2. The van der Waals surface area contributed by atoms with Crippen LogP contribution in [0.15, 0.2) is 35.3 Å². The van der Waals surface area contributed by atoms with Crippen molar-refractivity contribution in [3.05, 3.63) is 52.8 Å². The number of methoxy groups -OCH3 is 3. The first kappa shape index (κ1) is 23.7. The molecule has 0 amide bonds. The number of rotatable bonds is 10. The summed E-state index contributed by atoms with van der Waals surface area (Å²) < 4.78 is 29.9. The molecule has 0 unspecified atom stereocenters. The Hall–Kier alpha value is -2.61. The summed E-state index contributed by atoms with van der Waals surface area (Å²) >= 11 is 1.66. The molecule has 0 aliphatic rings. The van der Waals surface area contributed by atoms with Crippen molar-refractivity contribution in [2.75, 3.05) is 34.1 Å². The Morgan fingerprint density at radius 2 is 1.70 bits per heavy atom. The second-order valence-corrected chi connectivity index (χ2v) is 7.25. The summed E-state index contributed by atoms with van der Waals surface area (Å²) in [5.74, 6) is 2.93. The van der Waals surface area contributed by atoms with E-state index < -0.39 is 0 Å². The van der Waals surface area contributed by atoms with Gasteiger partial charge in [-0.25, -0.2) is 9.38 Å². The van der Waals surface area contributed by atoms with Crippen molar-refractivity contribution in [2.24, 2.45) is 4.99 Å². The van der Waals surface area contributed by atoms with Crippen molar-refractivity contribution in [1.29, 1.82) is 0 Å². The molecule has 2 rings (SSSR count). The minimum Gasteiger partial charge on any atom is -0.493 e. The highest BCUT2D eigenvalue weighted by atomic mass is 32.2. The van der Waals surface area contributed by atoms with Crippen LogP contribution < -0.4 is 24.8 Å². The van der Waals surface area contributed by atoms with E-state index in [4.69, 9.17) is 14.2 Å². The molecule has 0 radical (unpaired) electrons. The third kappa shape index (κ3) is 6.19. The maximum Gasteiger partial charge on any atom is 0.203 e. The smallest absolute Gasteiger partial charge is 0.203 e. The van der Waals surface area contributed by atoms with Gasteiger partial charge in [-0.1, -0.05) is 6.07 Å². The van der Waals surface area contributed by atoms with Gasteiger partial charge in [-0.3, -0.25) is 0 Å². The molecule has 6 nitrogen and oxygen atoms in total. The van der Waals surface area contributed by atoms with Crippen molar-refractivity contribution in [1.82, 2.24) is 10.6 Å². The fourth-order valence-corrected chi connectivity index (χ4v) is 3.61. The van der Waals surface area contributed by atoms with E-state index in [1.807, 2.05) is 31.4 Å². The highest BCUT2D eigenvalue weighted by molar-refractivity contribution is 7.97. The van der Waals surface area contributed by atoms with Crippen molar-refractivity contribution >= 4 is 17.7 Å².